The van der Waals surface area contributed by atoms with E-state index < -0.39 is 5.41 Å². The van der Waals surface area contributed by atoms with Crippen LogP contribution in [-0.4, -0.2) is 18.4 Å². The topological polar surface area (TPSA) is 58.2 Å². The largest absolute Gasteiger partial charge is 0.355 e. The zero-order valence-electron chi connectivity index (χ0n) is 11.4. The van der Waals surface area contributed by atoms with E-state index in [9.17, 15) is 9.59 Å². The smallest absolute Gasteiger partial charge is 0.226 e. The molecule has 0 aliphatic rings. The van der Waals surface area contributed by atoms with Crippen molar-refractivity contribution in [2.24, 2.45) is 5.41 Å². The fourth-order valence-corrected chi connectivity index (χ4v) is 1.44. The molecule has 0 aromatic heterocycles. The first-order valence-electron chi connectivity index (χ1n) is 6.13. The maximum Gasteiger partial charge on any atom is 0.226 e. The van der Waals surface area contributed by atoms with Crippen LogP contribution in [0.4, 0.5) is 5.69 Å². The Morgan fingerprint density at radius 3 is 2.26 bits per heavy atom. The van der Waals surface area contributed by atoms with Crippen LogP contribution in [0, 0.1) is 5.41 Å². The molecule has 0 heterocycles. The van der Waals surface area contributed by atoms with Gasteiger partial charge in [-0.15, -0.1) is 0 Å². The van der Waals surface area contributed by atoms with E-state index in [2.05, 4.69) is 10.6 Å². The Kier molecular flexibility index (Phi) is 5.36. The number of nitrogens with one attached hydrogen (secondary N) is 2. The predicted molar refractivity (Wildman–Crippen MR) is 77.2 cm³/mol. The van der Waals surface area contributed by atoms with Crippen LogP contribution in [0.2, 0.25) is 5.02 Å². The Labute approximate surface area is 118 Å². The summed E-state index contributed by atoms with van der Waals surface area (Å²) in [6.07, 6.45) is 0.241. The first kappa shape index (κ1) is 15.5. The van der Waals surface area contributed by atoms with Gasteiger partial charge in [0.1, 0.15) is 0 Å². The minimum atomic E-state index is -0.438. The quantitative estimate of drug-likeness (QED) is 0.892. The summed E-state index contributed by atoms with van der Waals surface area (Å²) in [7, 11) is 0. The molecule has 0 bridgehead atoms. The Balaban J connectivity index is 2.33. The van der Waals surface area contributed by atoms with E-state index in [1.807, 2.05) is 20.8 Å². The van der Waals surface area contributed by atoms with Crippen molar-refractivity contribution in [3.8, 4) is 0 Å². The van der Waals surface area contributed by atoms with E-state index in [4.69, 9.17) is 11.6 Å². The molecule has 0 spiro atoms. The van der Waals surface area contributed by atoms with E-state index in [1.165, 1.54) is 0 Å². The Hall–Kier alpha value is -1.55. The van der Waals surface area contributed by atoms with E-state index in [0.29, 0.717) is 17.3 Å². The number of benzene rings is 1. The number of carbonyl (C=O) groups is 2. The molecule has 2 N–H and O–H groups in total. The van der Waals surface area contributed by atoms with Gasteiger partial charge in [-0.3, -0.25) is 9.59 Å². The van der Waals surface area contributed by atoms with Crippen LogP contribution in [0.1, 0.15) is 27.2 Å². The van der Waals surface area contributed by atoms with Gasteiger partial charge >= 0.3 is 0 Å². The molecule has 4 nitrogen and oxygen atoms in total. The molecule has 0 saturated heterocycles. The fourth-order valence-electron chi connectivity index (χ4n) is 1.31. The number of hydrogen-bond acceptors (Lipinski definition) is 2. The highest BCUT2D eigenvalue weighted by Crippen LogP contribution is 2.14. The van der Waals surface area contributed by atoms with Gasteiger partial charge in [-0.25, -0.2) is 0 Å². The maximum absolute atomic E-state index is 11.6. The van der Waals surface area contributed by atoms with Gasteiger partial charge in [0.05, 0.1) is 0 Å². The number of amides is 2. The number of rotatable bonds is 4. The molecular formula is C14H19ClN2O2. The molecule has 104 valence electrons. The van der Waals surface area contributed by atoms with Crippen molar-refractivity contribution in [3.05, 3.63) is 29.3 Å². The Bertz CT molecular complexity index is 450. The van der Waals surface area contributed by atoms with Crippen LogP contribution in [0.25, 0.3) is 0 Å². The van der Waals surface area contributed by atoms with Crippen molar-refractivity contribution in [3.63, 3.8) is 0 Å². The summed E-state index contributed by atoms with van der Waals surface area (Å²) in [5.41, 5.74) is 0.253. The minimum Gasteiger partial charge on any atom is -0.355 e. The number of anilines is 1. The molecule has 0 atom stereocenters. The molecule has 0 unspecified atom stereocenters. The summed E-state index contributed by atoms with van der Waals surface area (Å²) in [6.45, 7) is 5.82. The second-order valence-electron chi connectivity index (χ2n) is 5.31. The molecule has 0 aliphatic heterocycles. The lowest BCUT2D eigenvalue weighted by molar-refractivity contribution is -0.128. The summed E-state index contributed by atoms with van der Waals surface area (Å²) in [4.78, 5) is 23.2. The van der Waals surface area contributed by atoms with E-state index in [1.54, 1.807) is 24.3 Å². The molecule has 0 saturated carbocycles. The van der Waals surface area contributed by atoms with Crippen molar-refractivity contribution < 1.29 is 9.59 Å². The summed E-state index contributed by atoms with van der Waals surface area (Å²) in [5.74, 6) is -0.205. The average molecular weight is 283 g/mol. The van der Waals surface area contributed by atoms with Gasteiger partial charge in [0, 0.05) is 29.1 Å². The second-order valence-corrected chi connectivity index (χ2v) is 5.75. The molecule has 0 radical (unpaired) electrons. The van der Waals surface area contributed by atoms with E-state index >= 15 is 0 Å². The highest BCUT2D eigenvalue weighted by Gasteiger charge is 2.20. The van der Waals surface area contributed by atoms with E-state index in [-0.39, 0.29) is 18.2 Å². The van der Waals surface area contributed by atoms with Crippen LogP contribution in [0.5, 0.6) is 0 Å². The third-order valence-corrected chi connectivity index (χ3v) is 2.70. The van der Waals surface area contributed by atoms with Gasteiger partial charge in [0.15, 0.2) is 0 Å². The summed E-state index contributed by atoms with van der Waals surface area (Å²) < 4.78 is 0. The van der Waals surface area contributed by atoms with Crippen LogP contribution in [0.3, 0.4) is 0 Å². The average Bonchev–Trinajstić information content (AvgIpc) is 2.31. The zero-order chi connectivity index (χ0) is 14.5. The lowest BCUT2D eigenvalue weighted by Crippen LogP contribution is -2.36. The van der Waals surface area contributed by atoms with Gasteiger partial charge in [0.2, 0.25) is 11.8 Å². The molecule has 1 rings (SSSR count). The Morgan fingerprint density at radius 1 is 1.16 bits per heavy atom. The molecule has 19 heavy (non-hydrogen) atoms. The van der Waals surface area contributed by atoms with Gasteiger partial charge in [-0.2, -0.15) is 0 Å². The first-order valence-corrected chi connectivity index (χ1v) is 6.50. The van der Waals surface area contributed by atoms with E-state index in [0.717, 1.165) is 0 Å². The third kappa shape index (κ3) is 5.75. The van der Waals surface area contributed by atoms with Crippen LogP contribution >= 0.6 is 11.6 Å². The highest BCUT2D eigenvalue weighted by atomic mass is 35.5. The first-order chi connectivity index (χ1) is 8.79. The SMILES string of the molecule is CC(C)(C)C(=O)NCCC(=O)Nc1ccc(Cl)cc1. The van der Waals surface area contributed by atoms with Gasteiger partial charge in [-0.05, 0) is 24.3 Å². The van der Waals surface area contributed by atoms with Crippen molar-refractivity contribution >= 4 is 29.1 Å². The van der Waals surface area contributed by atoms with Gasteiger partial charge < -0.3 is 10.6 Å². The molecule has 1 aromatic carbocycles. The zero-order valence-corrected chi connectivity index (χ0v) is 12.2. The fraction of sp³-hybridized carbons (Fsp3) is 0.429. The minimum absolute atomic E-state index is 0.0632. The summed E-state index contributed by atoms with van der Waals surface area (Å²) in [5, 5.41) is 6.08. The molecular weight excluding hydrogens is 264 g/mol. The Morgan fingerprint density at radius 2 is 1.74 bits per heavy atom. The summed E-state index contributed by atoms with van der Waals surface area (Å²) >= 11 is 5.75. The van der Waals surface area contributed by atoms with Crippen LogP contribution in [0.15, 0.2) is 24.3 Å². The lowest BCUT2D eigenvalue weighted by atomic mass is 9.96. The normalized spacial score (nSPS) is 10.9. The van der Waals surface area contributed by atoms with Gasteiger partial charge in [0.25, 0.3) is 0 Å². The number of hydrogen-bond donors (Lipinski definition) is 2. The van der Waals surface area contributed by atoms with Crippen molar-refractivity contribution in [2.75, 3.05) is 11.9 Å². The van der Waals surface area contributed by atoms with Crippen molar-refractivity contribution in [1.82, 2.24) is 5.32 Å². The standard InChI is InChI=1S/C14H19ClN2O2/c1-14(2,3)13(19)16-9-8-12(18)17-11-6-4-10(15)5-7-11/h4-7H,8-9H2,1-3H3,(H,16,19)(H,17,18). The molecule has 0 fully saturated rings. The monoisotopic (exact) mass is 282 g/mol. The predicted octanol–water partition coefficient (Wildman–Crippen LogP) is 2.83. The van der Waals surface area contributed by atoms with Crippen LogP contribution in [-0.2, 0) is 9.59 Å². The maximum atomic E-state index is 11.6. The third-order valence-electron chi connectivity index (χ3n) is 2.45. The second kappa shape index (κ2) is 6.57. The molecule has 5 heteroatoms. The van der Waals surface area contributed by atoms with Gasteiger partial charge in [-0.1, -0.05) is 32.4 Å². The molecule has 2 amide bonds. The summed E-state index contributed by atoms with van der Waals surface area (Å²) in [6, 6.07) is 6.87. The number of carbonyl (C=O) groups excluding carboxylic acids is 2. The van der Waals surface area contributed by atoms with Crippen molar-refractivity contribution in [2.45, 2.75) is 27.2 Å². The molecule has 0 aliphatic carbocycles. The lowest BCUT2D eigenvalue weighted by Gasteiger charge is -2.17. The number of halogens is 1. The van der Waals surface area contributed by atoms with Crippen molar-refractivity contribution in [1.29, 1.82) is 0 Å². The molecule has 1 aromatic rings. The highest BCUT2D eigenvalue weighted by molar-refractivity contribution is 6.30. The van der Waals surface area contributed by atoms with Crippen LogP contribution < -0.4 is 10.6 Å².